The minimum absolute atomic E-state index is 0.0715. The lowest BCUT2D eigenvalue weighted by molar-refractivity contribution is -0.112. The highest BCUT2D eigenvalue weighted by atomic mass is 16.1. The maximum absolute atomic E-state index is 12.5. The van der Waals surface area contributed by atoms with Crippen molar-refractivity contribution < 1.29 is 4.79 Å². The van der Waals surface area contributed by atoms with Gasteiger partial charge in [0, 0.05) is 22.8 Å². The Hall–Kier alpha value is -3.58. The highest BCUT2D eigenvalue weighted by molar-refractivity contribution is 6.09. The third-order valence-electron chi connectivity index (χ3n) is 5.16. The summed E-state index contributed by atoms with van der Waals surface area (Å²) in [4.78, 5) is 12.5. The average Bonchev–Trinajstić information content (AvgIpc) is 2.99. The summed E-state index contributed by atoms with van der Waals surface area (Å²) in [7, 11) is 0. The minimum atomic E-state index is -0.414. The van der Waals surface area contributed by atoms with Crippen LogP contribution in [0.3, 0.4) is 0 Å². The molecule has 0 aliphatic heterocycles. The van der Waals surface area contributed by atoms with E-state index in [9.17, 15) is 10.1 Å². The van der Waals surface area contributed by atoms with Crippen LogP contribution in [0.15, 0.2) is 66.2 Å². The van der Waals surface area contributed by atoms with Crippen LogP contribution in [0.5, 0.6) is 0 Å². The molecule has 0 saturated heterocycles. The van der Waals surface area contributed by atoms with E-state index in [0.29, 0.717) is 5.69 Å². The predicted molar refractivity (Wildman–Crippen MR) is 123 cm³/mol. The Kier molecular flexibility index (Phi) is 5.94. The minimum Gasteiger partial charge on any atom is -0.321 e. The molecule has 0 spiro atoms. The van der Waals surface area contributed by atoms with E-state index in [0.717, 1.165) is 22.6 Å². The van der Waals surface area contributed by atoms with Crippen molar-refractivity contribution in [2.45, 2.75) is 40.0 Å². The van der Waals surface area contributed by atoms with Crippen LogP contribution in [0, 0.1) is 25.2 Å². The van der Waals surface area contributed by atoms with Gasteiger partial charge in [0.05, 0.1) is 0 Å². The number of aromatic nitrogens is 1. The first kappa shape index (κ1) is 21.1. The van der Waals surface area contributed by atoms with Crippen LogP contribution in [-0.2, 0) is 10.2 Å². The van der Waals surface area contributed by atoms with Gasteiger partial charge in [0.15, 0.2) is 0 Å². The summed E-state index contributed by atoms with van der Waals surface area (Å²) in [5, 5.41) is 12.3. The van der Waals surface area contributed by atoms with Crippen molar-refractivity contribution in [2.24, 2.45) is 0 Å². The molecule has 0 radical (unpaired) electrons. The normalized spacial score (nSPS) is 11.8. The van der Waals surface area contributed by atoms with Gasteiger partial charge in [0.2, 0.25) is 0 Å². The van der Waals surface area contributed by atoms with Crippen molar-refractivity contribution in [3.05, 3.63) is 88.8 Å². The van der Waals surface area contributed by atoms with E-state index in [1.165, 1.54) is 5.56 Å². The van der Waals surface area contributed by atoms with E-state index in [4.69, 9.17) is 0 Å². The molecule has 0 saturated carbocycles. The largest absolute Gasteiger partial charge is 0.321 e. The maximum Gasteiger partial charge on any atom is 0.266 e. The van der Waals surface area contributed by atoms with E-state index in [1.54, 1.807) is 18.2 Å². The van der Waals surface area contributed by atoms with E-state index >= 15 is 0 Å². The van der Waals surface area contributed by atoms with Gasteiger partial charge in [-0.15, -0.1) is 0 Å². The van der Waals surface area contributed by atoms with Crippen LogP contribution >= 0.6 is 0 Å². The summed E-state index contributed by atoms with van der Waals surface area (Å²) in [5.41, 5.74) is 6.05. The Morgan fingerprint density at radius 1 is 1.03 bits per heavy atom. The summed E-state index contributed by atoms with van der Waals surface area (Å²) < 4.78 is 2.14. The van der Waals surface area contributed by atoms with E-state index in [1.807, 2.05) is 44.2 Å². The standard InChI is InChI=1S/C26H27N3O/c1-18-15-20(16-21(17-27)25(30)28-23-9-7-6-8-10-23)19(2)29(18)24-13-11-22(12-14-24)26(3,4)5/h6-16H,1-5H3,(H,28,30)/b21-16+. The molecule has 0 fully saturated rings. The van der Waals surface area contributed by atoms with Gasteiger partial charge in [-0.2, -0.15) is 5.26 Å². The summed E-state index contributed by atoms with van der Waals surface area (Å²) in [6.07, 6.45) is 1.65. The second-order valence-electron chi connectivity index (χ2n) is 8.45. The number of hydrogen-bond donors (Lipinski definition) is 1. The molecule has 2 aromatic carbocycles. The number of amides is 1. The molecule has 152 valence electrons. The highest BCUT2D eigenvalue weighted by Crippen LogP contribution is 2.26. The van der Waals surface area contributed by atoms with Crippen LogP contribution in [0.2, 0.25) is 0 Å². The Morgan fingerprint density at radius 3 is 2.23 bits per heavy atom. The van der Waals surface area contributed by atoms with Crippen molar-refractivity contribution in [3.8, 4) is 11.8 Å². The van der Waals surface area contributed by atoms with E-state index in [-0.39, 0.29) is 11.0 Å². The maximum atomic E-state index is 12.5. The molecule has 4 heteroatoms. The quantitative estimate of drug-likeness (QED) is 0.438. The van der Waals surface area contributed by atoms with Gasteiger partial charge in [-0.05, 0) is 66.8 Å². The molecular weight excluding hydrogens is 370 g/mol. The molecule has 0 aliphatic rings. The molecule has 0 unspecified atom stereocenters. The number of anilines is 1. The van der Waals surface area contributed by atoms with Gasteiger partial charge in [0.25, 0.3) is 5.91 Å². The van der Waals surface area contributed by atoms with Gasteiger partial charge >= 0.3 is 0 Å². The highest BCUT2D eigenvalue weighted by Gasteiger charge is 2.16. The molecule has 1 amide bonds. The monoisotopic (exact) mass is 397 g/mol. The summed E-state index contributed by atoms with van der Waals surface area (Å²) >= 11 is 0. The number of nitrogens with zero attached hydrogens (tertiary/aromatic N) is 2. The molecule has 30 heavy (non-hydrogen) atoms. The third kappa shape index (κ3) is 4.52. The van der Waals surface area contributed by atoms with Crippen LogP contribution in [-0.4, -0.2) is 10.5 Å². The zero-order valence-corrected chi connectivity index (χ0v) is 18.2. The number of carbonyl (C=O) groups is 1. The lowest BCUT2D eigenvalue weighted by Gasteiger charge is -2.20. The number of nitrogens with one attached hydrogen (secondary N) is 1. The Bertz CT molecular complexity index is 1120. The first-order valence-corrected chi connectivity index (χ1v) is 9.99. The van der Waals surface area contributed by atoms with Crippen molar-refractivity contribution in [2.75, 3.05) is 5.32 Å². The van der Waals surface area contributed by atoms with Gasteiger partial charge < -0.3 is 9.88 Å². The van der Waals surface area contributed by atoms with Gasteiger partial charge in [-0.25, -0.2) is 0 Å². The molecule has 4 nitrogen and oxygen atoms in total. The predicted octanol–water partition coefficient (Wildman–Crippen LogP) is 5.94. The van der Waals surface area contributed by atoms with Crippen molar-refractivity contribution in [3.63, 3.8) is 0 Å². The summed E-state index contributed by atoms with van der Waals surface area (Å²) in [5.74, 6) is -0.414. The van der Waals surface area contributed by atoms with Crippen LogP contribution < -0.4 is 5.32 Å². The molecule has 1 heterocycles. The number of hydrogen-bond acceptors (Lipinski definition) is 2. The first-order chi connectivity index (χ1) is 14.2. The number of carbonyl (C=O) groups excluding carboxylic acids is 1. The second-order valence-corrected chi connectivity index (χ2v) is 8.45. The van der Waals surface area contributed by atoms with Gasteiger partial charge in [-0.1, -0.05) is 51.1 Å². The SMILES string of the molecule is Cc1cc(/C=C(\C#N)C(=O)Nc2ccccc2)c(C)n1-c1ccc(C(C)(C)C)cc1. The van der Waals surface area contributed by atoms with Crippen molar-refractivity contribution >= 4 is 17.7 Å². The number of rotatable bonds is 4. The van der Waals surface area contributed by atoms with Crippen LogP contribution in [0.1, 0.15) is 43.3 Å². The zero-order chi connectivity index (χ0) is 21.9. The second kappa shape index (κ2) is 8.42. The molecule has 1 N–H and O–H groups in total. The number of para-hydroxylation sites is 1. The molecule has 0 aliphatic carbocycles. The Balaban J connectivity index is 1.92. The number of nitriles is 1. The fourth-order valence-electron chi connectivity index (χ4n) is 3.47. The van der Waals surface area contributed by atoms with Crippen LogP contribution in [0.4, 0.5) is 5.69 Å². The van der Waals surface area contributed by atoms with Crippen LogP contribution in [0.25, 0.3) is 11.8 Å². The Morgan fingerprint density at radius 2 is 1.67 bits per heavy atom. The lowest BCUT2D eigenvalue weighted by atomic mass is 9.87. The van der Waals surface area contributed by atoms with E-state index in [2.05, 4.69) is 54.9 Å². The molecule has 3 rings (SSSR count). The van der Waals surface area contributed by atoms with Gasteiger partial charge in [-0.3, -0.25) is 4.79 Å². The molecule has 3 aromatic rings. The Labute approximate surface area is 178 Å². The topological polar surface area (TPSA) is 57.8 Å². The lowest BCUT2D eigenvalue weighted by Crippen LogP contribution is -2.13. The fourth-order valence-corrected chi connectivity index (χ4v) is 3.47. The molecule has 1 aromatic heterocycles. The number of aryl methyl sites for hydroxylation is 1. The van der Waals surface area contributed by atoms with E-state index < -0.39 is 5.91 Å². The average molecular weight is 398 g/mol. The third-order valence-corrected chi connectivity index (χ3v) is 5.16. The smallest absolute Gasteiger partial charge is 0.266 e. The number of benzene rings is 2. The summed E-state index contributed by atoms with van der Waals surface area (Å²) in [6.45, 7) is 10.6. The molecule has 0 atom stereocenters. The zero-order valence-electron chi connectivity index (χ0n) is 18.2. The first-order valence-electron chi connectivity index (χ1n) is 9.99. The van der Waals surface area contributed by atoms with Crippen molar-refractivity contribution in [1.29, 1.82) is 5.26 Å². The molecular formula is C26H27N3O. The molecule has 0 bridgehead atoms. The fraction of sp³-hybridized carbons (Fsp3) is 0.231. The van der Waals surface area contributed by atoms with Crippen molar-refractivity contribution in [1.82, 2.24) is 4.57 Å². The van der Waals surface area contributed by atoms with Gasteiger partial charge in [0.1, 0.15) is 11.6 Å². The summed E-state index contributed by atoms with van der Waals surface area (Å²) in [6, 6.07) is 21.7.